The van der Waals surface area contributed by atoms with Crippen LogP contribution in [0.4, 0.5) is 13.2 Å². The molecule has 0 unspecified atom stereocenters. The lowest BCUT2D eigenvalue weighted by atomic mass is 10.0. The number of halogens is 3. The Bertz CT molecular complexity index is 943. The van der Waals surface area contributed by atoms with Crippen molar-refractivity contribution in [2.75, 3.05) is 0 Å². The van der Waals surface area contributed by atoms with Crippen molar-refractivity contribution in [2.45, 2.75) is 6.18 Å². The molecule has 0 atom stereocenters. The molecule has 0 aliphatic heterocycles. The van der Waals surface area contributed by atoms with Gasteiger partial charge in [0.1, 0.15) is 0 Å². The van der Waals surface area contributed by atoms with E-state index in [9.17, 15) is 28.2 Å². The summed E-state index contributed by atoms with van der Waals surface area (Å²) in [6.07, 6.45) is -4.95. The Labute approximate surface area is 127 Å². The Balaban J connectivity index is 2.51. The third-order valence-corrected chi connectivity index (χ3v) is 3.33. The molecule has 0 bridgehead atoms. The molecular formula is C16H9F3O4. The van der Waals surface area contributed by atoms with E-state index in [1.54, 1.807) is 6.07 Å². The molecule has 0 aliphatic rings. The third-order valence-electron chi connectivity index (χ3n) is 3.33. The highest BCUT2D eigenvalue weighted by Crippen LogP contribution is 2.40. The maximum Gasteiger partial charge on any atom is 0.450 e. The highest BCUT2D eigenvalue weighted by atomic mass is 19.4. The van der Waals surface area contributed by atoms with E-state index in [-0.39, 0.29) is 10.9 Å². The van der Waals surface area contributed by atoms with Crippen LogP contribution in [-0.4, -0.2) is 10.2 Å². The van der Waals surface area contributed by atoms with Gasteiger partial charge < -0.3 is 14.6 Å². The van der Waals surface area contributed by atoms with Crippen LogP contribution in [-0.2, 0) is 6.18 Å². The number of benzene rings is 2. The first-order chi connectivity index (χ1) is 10.8. The lowest BCUT2D eigenvalue weighted by Gasteiger charge is -2.13. The number of hydrogen-bond acceptors (Lipinski definition) is 4. The summed E-state index contributed by atoms with van der Waals surface area (Å²) in [6, 6.07) is 9.41. The maximum absolute atomic E-state index is 13.3. The summed E-state index contributed by atoms with van der Waals surface area (Å²) in [7, 11) is 0. The normalized spacial score (nSPS) is 11.8. The second-order valence-corrected chi connectivity index (χ2v) is 4.81. The summed E-state index contributed by atoms with van der Waals surface area (Å²) < 4.78 is 44.7. The summed E-state index contributed by atoms with van der Waals surface area (Å²) in [5, 5.41) is 18.8. The van der Waals surface area contributed by atoms with E-state index in [2.05, 4.69) is 0 Å². The smallest absolute Gasteiger partial charge is 0.450 e. The topological polar surface area (TPSA) is 70.7 Å². The second-order valence-electron chi connectivity index (χ2n) is 4.81. The van der Waals surface area contributed by atoms with E-state index in [1.807, 2.05) is 0 Å². The summed E-state index contributed by atoms with van der Waals surface area (Å²) in [4.78, 5) is 12.5. The highest BCUT2D eigenvalue weighted by Gasteiger charge is 2.39. The highest BCUT2D eigenvalue weighted by molar-refractivity contribution is 5.88. The second kappa shape index (κ2) is 5.05. The first-order valence-electron chi connectivity index (χ1n) is 6.45. The van der Waals surface area contributed by atoms with Crippen LogP contribution >= 0.6 is 0 Å². The van der Waals surface area contributed by atoms with Crippen molar-refractivity contribution < 1.29 is 27.8 Å². The fourth-order valence-electron chi connectivity index (χ4n) is 2.30. The van der Waals surface area contributed by atoms with Crippen molar-refractivity contribution in [3.05, 3.63) is 58.4 Å². The Morgan fingerprint density at radius 3 is 2.22 bits per heavy atom. The van der Waals surface area contributed by atoms with Crippen molar-refractivity contribution in [1.29, 1.82) is 0 Å². The molecule has 0 saturated heterocycles. The average molecular weight is 322 g/mol. The Morgan fingerprint density at radius 2 is 1.61 bits per heavy atom. The number of rotatable bonds is 1. The molecule has 118 valence electrons. The van der Waals surface area contributed by atoms with Crippen molar-refractivity contribution in [1.82, 2.24) is 0 Å². The first kappa shape index (κ1) is 15.0. The molecule has 1 heterocycles. The number of aromatic hydroxyl groups is 2. The first-order valence-corrected chi connectivity index (χ1v) is 6.45. The fraction of sp³-hybridized carbons (Fsp3) is 0.0625. The third kappa shape index (κ3) is 2.40. The lowest BCUT2D eigenvalue weighted by molar-refractivity contribution is -0.152. The van der Waals surface area contributed by atoms with Crippen LogP contribution in [0.2, 0.25) is 0 Å². The van der Waals surface area contributed by atoms with Crippen LogP contribution in [0.15, 0.2) is 51.7 Å². The van der Waals surface area contributed by atoms with Crippen LogP contribution in [0.1, 0.15) is 5.76 Å². The molecule has 1 aromatic heterocycles. The molecule has 7 heteroatoms. The molecule has 0 saturated carbocycles. The molecule has 0 amide bonds. The SMILES string of the molecule is O=c1c(-c2ccccc2)c(C(F)(F)F)oc2c(O)c(O)ccc12. The van der Waals surface area contributed by atoms with Crippen LogP contribution in [0.25, 0.3) is 22.1 Å². The van der Waals surface area contributed by atoms with Gasteiger partial charge in [0.25, 0.3) is 0 Å². The Morgan fingerprint density at radius 1 is 0.957 bits per heavy atom. The van der Waals surface area contributed by atoms with Crippen molar-refractivity contribution in [3.8, 4) is 22.6 Å². The van der Waals surface area contributed by atoms with Crippen LogP contribution in [0, 0.1) is 0 Å². The van der Waals surface area contributed by atoms with Crippen LogP contribution in [0.3, 0.4) is 0 Å². The molecule has 0 radical (unpaired) electrons. The van der Waals surface area contributed by atoms with E-state index >= 15 is 0 Å². The average Bonchev–Trinajstić information content (AvgIpc) is 2.51. The molecule has 0 spiro atoms. The van der Waals surface area contributed by atoms with E-state index in [0.29, 0.717) is 0 Å². The fourth-order valence-corrected chi connectivity index (χ4v) is 2.30. The molecule has 3 rings (SSSR count). The van der Waals surface area contributed by atoms with Gasteiger partial charge in [-0.25, -0.2) is 0 Å². The van der Waals surface area contributed by atoms with Gasteiger partial charge >= 0.3 is 6.18 Å². The van der Waals surface area contributed by atoms with Gasteiger partial charge in [-0.2, -0.15) is 13.2 Å². The van der Waals surface area contributed by atoms with Crippen LogP contribution < -0.4 is 5.43 Å². The molecule has 2 N–H and O–H groups in total. The summed E-state index contributed by atoms with van der Waals surface area (Å²) >= 11 is 0. The minimum Gasteiger partial charge on any atom is -0.504 e. The van der Waals surface area contributed by atoms with E-state index in [1.165, 1.54) is 24.3 Å². The van der Waals surface area contributed by atoms with Gasteiger partial charge in [0.2, 0.25) is 16.9 Å². The molecule has 4 nitrogen and oxygen atoms in total. The largest absolute Gasteiger partial charge is 0.504 e. The minimum absolute atomic E-state index is 0.0445. The zero-order chi connectivity index (χ0) is 16.8. The predicted molar refractivity (Wildman–Crippen MR) is 76.3 cm³/mol. The van der Waals surface area contributed by atoms with E-state index < -0.39 is 40.0 Å². The van der Waals surface area contributed by atoms with Gasteiger partial charge in [0.05, 0.1) is 10.9 Å². The molecular weight excluding hydrogens is 313 g/mol. The number of hydrogen-bond donors (Lipinski definition) is 2. The number of phenolic OH excluding ortho intramolecular Hbond substituents is 2. The molecule has 0 fully saturated rings. The van der Waals surface area contributed by atoms with Gasteiger partial charge in [-0.3, -0.25) is 4.79 Å². The molecule has 2 aromatic carbocycles. The summed E-state index contributed by atoms with van der Waals surface area (Å²) in [5.41, 5.74) is -2.25. The van der Waals surface area contributed by atoms with Crippen molar-refractivity contribution >= 4 is 11.0 Å². The molecule has 23 heavy (non-hydrogen) atoms. The maximum atomic E-state index is 13.3. The number of alkyl halides is 3. The van der Waals surface area contributed by atoms with Gasteiger partial charge in [-0.1, -0.05) is 30.3 Å². The van der Waals surface area contributed by atoms with Gasteiger partial charge in [-0.15, -0.1) is 0 Å². The van der Waals surface area contributed by atoms with Gasteiger partial charge in [-0.05, 0) is 17.7 Å². The summed E-state index contributed by atoms with van der Waals surface area (Å²) in [6.45, 7) is 0. The van der Waals surface area contributed by atoms with Crippen LogP contribution in [0.5, 0.6) is 11.5 Å². The molecule has 0 aliphatic carbocycles. The zero-order valence-electron chi connectivity index (χ0n) is 11.4. The quantitative estimate of drug-likeness (QED) is 0.667. The standard InChI is InChI=1S/C16H9F3O4/c17-16(18,19)15-11(8-4-2-1-3-5-8)12(21)9-6-7-10(20)13(22)14(9)23-15/h1-7,20,22H. The number of fused-ring (bicyclic) bond motifs is 1. The van der Waals surface area contributed by atoms with Gasteiger partial charge in [0, 0.05) is 0 Å². The van der Waals surface area contributed by atoms with Gasteiger partial charge in [0.15, 0.2) is 11.3 Å². The minimum atomic E-state index is -4.95. The number of phenols is 2. The predicted octanol–water partition coefficient (Wildman–Crippen LogP) is 3.89. The molecule has 3 aromatic rings. The van der Waals surface area contributed by atoms with E-state index in [4.69, 9.17) is 4.42 Å². The van der Waals surface area contributed by atoms with E-state index in [0.717, 1.165) is 12.1 Å². The Hall–Kier alpha value is -2.96. The Kier molecular flexibility index (Phi) is 3.28. The monoisotopic (exact) mass is 322 g/mol. The zero-order valence-corrected chi connectivity index (χ0v) is 11.4. The summed E-state index contributed by atoms with van der Waals surface area (Å²) in [5.74, 6) is -3.12. The van der Waals surface area contributed by atoms with Crippen molar-refractivity contribution in [3.63, 3.8) is 0 Å². The van der Waals surface area contributed by atoms with Crippen molar-refractivity contribution in [2.24, 2.45) is 0 Å². The lowest BCUT2D eigenvalue weighted by Crippen LogP contribution is -2.16.